The first-order chi connectivity index (χ1) is 9.65. The van der Waals surface area contributed by atoms with E-state index in [1.807, 2.05) is 18.2 Å². The average molecular weight is 291 g/mol. The summed E-state index contributed by atoms with van der Waals surface area (Å²) in [5, 5.41) is 3.32. The summed E-state index contributed by atoms with van der Waals surface area (Å²) >= 11 is 0. The van der Waals surface area contributed by atoms with Crippen molar-refractivity contribution in [3.8, 4) is 0 Å². The molecule has 1 aliphatic heterocycles. The molecule has 1 fully saturated rings. The van der Waals surface area contributed by atoms with E-state index in [0.717, 1.165) is 25.9 Å². The van der Waals surface area contributed by atoms with Crippen molar-refractivity contribution in [3.05, 3.63) is 30.5 Å². The Balaban J connectivity index is 1.88. The fourth-order valence-electron chi connectivity index (χ4n) is 2.55. The minimum Gasteiger partial charge on any atom is -0.316 e. The molecule has 106 valence electrons. The van der Waals surface area contributed by atoms with E-state index in [9.17, 15) is 8.42 Å². The smallest absolute Gasteiger partial charge is 0.197 e. The molecule has 5 nitrogen and oxygen atoms in total. The van der Waals surface area contributed by atoms with Gasteiger partial charge < -0.3 is 5.32 Å². The van der Waals surface area contributed by atoms with Gasteiger partial charge in [0.05, 0.1) is 23.0 Å². The second kappa shape index (κ2) is 5.46. The van der Waals surface area contributed by atoms with Crippen molar-refractivity contribution in [1.82, 2.24) is 15.3 Å². The topological polar surface area (TPSA) is 72.0 Å². The molecule has 0 saturated carbocycles. The van der Waals surface area contributed by atoms with Crippen molar-refractivity contribution in [1.29, 1.82) is 0 Å². The first-order valence-corrected chi connectivity index (χ1v) is 8.46. The van der Waals surface area contributed by atoms with Crippen LogP contribution in [-0.2, 0) is 9.84 Å². The summed E-state index contributed by atoms with van der Waals surface area (Å²) in [5.41, 5.74) is 1.33. The Bertz CT molecular complexity index is 709. The lowest BCUT2D eigenvalue weighted by molar-refractivity contribution is 0.403. The SMILES string of the molecule is O=S(=O)(C[C@H]1CCCNC1)c1cnc2ccccc2n1. The molecule has 2 aromatic rings. The summed E-state index contributed by atoms with van der Waals surface area (Å²) < 4.78 is 24.8. The van der Waals surface area contributed by atoms with Crippen molar-refractivity contribution >= 4 is 20.9 Å². The highest BCUT2D eigenvalue weighted by atomic mass is 32.2. The lowest BCUT2D eigenvalue weighted by atomic mass is 10.0. The molecule has 1 aromatic heterocycles. The van der Waals surface area contributed by atoms with Gasteiger partial charge in [-0.05, 0) is 44.0 Å². The van der Waals surface area contributed by atoms with Crippen LogP contribution in [0.2, 0.25) is 0 Å². The number of para-hydroxylation sites is 2. The molecule has 0 unspecified atom stereocenters. The maximum atomic E-state index is 12.4. The number of rotatable bonds is 3. The van der Waals surface area contributed by atoms with Crippen molar-refractivity contribution in [2.45, 2.75) is 17.9 Å². The van der Waals surface area contributed by atoms with E-state index in [2.05, 4.69) is 15.3 Å². The van der Waals surface area contributed by atoms with Crippen molar-refractivity contribution in [2.75, 3.05) is 18.8 Å². The van der Waals surface area contributed by atoms with Crippen LogP contribution in [0.5, 0.6) is 0 Å². The molecule has 1 aromatic carbocycles. The van der Waals surface area contributed by atoms with Gasteiger partial charge in [0.1, 0.15) is 0 Å². The van der Waals surface area contributed by atoms with Crippen LogP contribution in [0, 0.1) is 5.92 Å². The first-order valence-electron chi connectivity index (χ1n) is 6.80. The number of hydrogen-bond acceptors (Lipinski definition) is 5. The largest absolute Gasteiger partial charge is 0.316 e. The third-order valence-electron chi connectivity index (χ3n) is 3.60. The highest BCUT2D eigenvalue weighted by Crippen LogP contribution is 2.18. The van der Waals surface area contributed by atoms with E-state index in [1.54, 1.807) is 6.07 Å². The third kappa shape index (κ3) is 2.81. The van der Waals surface area contributed by atoms with Gasteiger partial charge in [-0.3, -0.25) is 4.98 Å². The van der Waals surface area contributed by atoms with E-state index in [-0.39, 0.29) is 16.7 Å². The number of nitrogens with zero attached hydrogens (tertiary/aromatic N) is 2. The quantitative estimate of drug-likeness (QED) is 0.925. The van der Waals surface area contributed by atoms with Crippen LogP contribution < -0.4 is 5.32 Å². The molecule has 1 atom stereocenters. The molecule has 20 heavy (non-hydrogen) atoms. The number of fused-ring (bicyclic) bond motifs is 1. The summed E-state index contributed by atoms with van der Waals surface area (Å²) in [6.45, 7) is 1.74. The van der Waals surface area contributed by atoms with Gasteiger partial charge in [-0.2, -0.15) is 0 Å². The lowest BCUT2D eigenvalue weighted by Gasteiger charge is -2.22. The Morgan fingerprint density at radius 3 is 2.80 bits per heavy atom. The summed E-state index contributed by atoms with van der Waals surface area (Å²) in [6.07, 6.45) is 3.35. The van der Waals surface area contributed by atoms with E-state index in [4.69, 9.17) is 0 Å². The molecule has 0 spiro atoms. The second-order valence-corrected chi connectivity index (χ2v) is 7.17. The monoisotopic (exact) mass is 291 g/mol. The van der Waals surface area contributed by atoms with Gasteiger partial charge in [-0.1, -0.05) is 12.1 Å². The minimum atomic E-state index is -3.36. The van der Waals surface area contributed by atoms with E-state index in [0.29, 0.717) is 11.0 Å². The Morgan fingerprint density at radius 1 is 1.25 bits per heavy atom. The second-order valence-electron chi connectivity index (χ2n) is 5.19. The van der Waals surface area contributed by atoms with Crippen molar-refractivity contribution < 1.29 is 8.42 Å². The van der Waals surface area contributed by atoms with Crippen LogP contribution in [0.3, 0.4) is 0 Å². The zero-order valence-corrected chi connectivity index (χ0v) is 11.9. The molecular weight excluding hydrogens is 274 g/mol. The number of piperidine rings is 1. The van der Waals surface area contributed by atoms with Gasteiger partial charge in [0, 0.05) is 0 Å². The molecular formula is C14H17N3O2S. The van der Waals surface area contributed by atoms with E-state index in [1.165, 1.54) is 6.20 Å². The summed E-state index contributed by atoms with van der Waals surface area (Å²) in [5.74, 6) is 0.314. The molecule has 0 bridgehead atoms. The zero-order valence-electron chi connectivity index (χ0n) is 11.1. The molecule has 2 heterocycles. The summed E-state index contributed by atoms with van der Waals surface area (Å²) in [7, 11) is -3.36. The number of hydrogen-bond donors (Lipinski definition) is 1. The molecule has 0 amide bonds. The molecule has 0 radical (unpaired) electrons. The molecule has 1 aliphatic rings. The van der Waals surface area contributed by atoms with Crippen molar-refractivity contribution in [3.63, 3.8) is 0 Å². The fraction of sp³-hybridized carbons (Fsp3) is 0.429. The molecule has 1 N–H and O–H groups in total. The summed E-state index contributed by atoms with van der Waals surface area (Å²) in [4.78, 5) is 8.42. The standard InChI is InChI=1S/C14H17N3O2S/c18-20(19,10-11-4-3-7-15-8-11)14-9-16-12-5-1-2-6-13(12)17-14/h1-2,5-6,9,11,15H,3-4,7-8,10H2/t11-/m0/s1. The Kier molecular flexibility index (Phi) is 3.67. The first kappa shape index (κ1) is 13.5. The Labute approximate surface area is 118 Å². The Hall–Kier alpha value is -1.53. The zero-order chi connectivity index (χ0) is 14.0. The lowest BCUT2D eigenvalue weighted by Crippen LogP contribution is -2.34. The van der Waals surface area contributed by atoms with Gasteiger partial charge in [0.2, 0.25) is 0 Å². The van der Waals surface area contributed by atoms with Crippen LogP contribution in [-0.4, -0.2) is 37.2 Å². The van der Waals surface area contributed by atoms with Crippen LogP contribution in [0.4, 0.5) is 0 Å². The molecule has 1 saturated heterocycles. The van der Waals surface area contributed by atoms with E-state index < -0.39 is 9.84 Å². The molecule has 3 rings (SSSR count). The van der Waals surface area contributed by atoms with Gasteiger partial charge in [-0.25, -0.2) is 13.4 Å². The summed E-state index contributed by atoms with van der Waals surface area (Å²) in [6, 6.07) is 7.30. The molecule has 6 heteroatoms. The van der Waals surface area contributed by atoms with Gasteiger partial charge in [0.15, 0.2) is 14.9 Å². The van der Waals surface area contributed by atoms with Crippen LogP contribution in [0.25, 0.3) is 11.0 Å². The van der Waals surface area contributed by atoms with Crippen LogP contribution in [0.15, 0.2) is 35.5 Å². The number of aromatic nitrogens is 2. The van der Waals surface area contributed by atoms with Gasteiger partial charge in [-0.15, -0.1) is 0 Å². The number of nitrogens with one attached hydrogen (secondary N) is 1. The Morgan fingerprint density at radius 2 is 2.05 bits per heavy atom. The maximum Gasteiger partial charge on any atom is 0.197 e. The number of benzene rings is 1. The van der Waals surface area contributed by atoms with Crippen LogP contribution in [0.1, 0.15) is 12.8 Å². The van der Waals surface area contributed by atoms with Gasteiger partial charge >= 0.3 is 0 Å². The van der Waals surface area contributed by atoms with E-state index >= 15 is 0 Å². The van der Waals surface area contributed by atoms with Crippen molar-refractivity contribution in [2.24, 2.45) is 5.92 Å². The third-order valence-corrected chi connectivity index (χ3v) is 5.34. The highest BCUT2D eigenvalue weighted by molar-refractivity contribution is 7.91. The predicted octanol–water partition coefficient (Wildman–Crippen LogP) is 1.40. The number of sulfone groups is 1. The van der Waals surface area contributed by atoms with Crippen LogP contribution >= 0.6 is 0 Å². The maximum absolute atomic E-state index is 12.4. The predicted molar refractivity (Wildman–Crippen MR) is 77.2 cm³/mol. The van der Waals surface area contributed by atoms with Gasteiger partial charge in [0.25, 0.3) is 0 Å². The fourth-order valence-corrected chi connectivity index (χ4v) is 4.08. The highest BCUT2D eigenvalue weighted by Gasteiger charge is 2.24. The minimum absolute atomic E-state index is 0.0850. The normalized spacial score (nSPS) is 20.1. The average Bonchev–Trinajstić information content (AvgIpc) is 2.47. The molecule has 0 aliphatic carbocycles.